The van der Waals surface area contributed by atoms with Crippen molar-refractivity contribution in [3.05, 3.63) is 101 Å². The standard InChI is InChI=1S/C32H39NO4/c1-32(2,31(36)37)28-14-7-6-10-23(28)11-8-9-20-33-21-19-26(22-29(33)35)30(24-12-4-3-5-13-24)25-15-17-27(34)18-16-25/h3-7,10,12-18,26,29-30,34-35H,8-9,11,19-22H2,1-2H3,(H,36,37). The Bertz CT molecular complexity index is 1160. The van der Waals surface area contributed by atoms with Crippen LogP contribution in [0, 0.1) is 5.92 Å². The van der Waals surface area contributed by atoms with Gasteiger partial charge in [-0.1, -0.05) is 66.7 Å². The van der Waals surface area contributed by atoms with E-state index in [4.69, 9.17) is 0 Å². The molecule has 0 saturated carbocycles. The van der Waals surface area contributed by atoms with Gasteiger partial charge in [0.25, 0.3) is 0 Å². The minimum absolute atomic E-state index is 0.174. The van der Waals surface area contributed by atoms with Gasteiger partial charge < -0.3 is 15.3 Å². The molecule has 4 rings (SSSR count). The first-order valence-corrected chi connectivity index (χ1v) is 13.3. The van der Waals surface area contributed by atoms with Gasteiger partial charge in [0, 0.05) is 19.0 Å². The molecule has 1 saturated heterocycles. The molecule has 3 unspecified atom stereocenters. The number of aliphatic carboxylic acids is 1. The second kappa shape index (κ2) is 11.9. The number of benzene rings is 3. The van der Waals surface area contributed by atoms with Gasteiger partial charge in [0.1, 0.15) is 12.0 Å². The number of nitrogens with zero attached hydrogens (tertiary/aromatic N) is 1. The Hall–Kier alpha value is -3.15. The highest BCUT2D eigenvalue weighted by Crippen LogP contribution is 2.40. The number of aromatic hydroxyl groups is 1. The van der Waals surface area contributed by atoms with Crippen LogP contribution >= 0.6 is 0 Å². The minimum Gasteiger partial charge on any atom is -0.508 e. The number of hydrogen-bond donors (Lipinski definition) is 3. The largest absolute Gasteiger partial charge is 0.508 e. The van der Waals surface area contributed by atoms with Crippen molar-refractivity contribution >= 4 is 5.97 Å². The number of piperidine rings is 1. The average molecular weight is 502 g/mol. The highest BCUT2D eigenvalue weighted by atomic mass is 16.4. The van der Waals surface area contributed by atoms with Gasteiger partial charge in [-0.3, -0.25) is 9.69 Å². The van der Waals surface area contributed by atoms with Gasteiger partial charge in [-0.2, -0.15) is 0 Å². The SMILES string of the molecule is CC(C)(C(=O)O)c1ccccc1CCCCN1CCC(C(c2ccccc2)c2ccc(O)cc2)CC1O. The van der Waals surface area contributed by atoms with E-state index in [0.29, 0.717) is 12.3 Å². The lowest BCUT2D eigenvalue weighted by atomic mass is 9.75. The van der Waals surface area contributed by atoms with Crippen molar-refractivity contribution in [2.45, 2.75) is 63.5 Å². The predicted molar refractivity (Wildman–Crippen MR) is 147 cm³/mol. The van der Waals surface area contributed by atoms with Crippen molar-refractivity contribution in [3.63, 3.8) is 0 Å². The number of aryl methyl sites for hydroxylation is 1. The summed E-state index contributed by atoms with van der Waals surface area (Å²) in [5, 5.41) is 30.5. The monoisotopic (exact) mass is 501 g/mol. The zero-order valence-electron chi connectivity index (χ0n) is 21.9. The number of carbonyl (C=O) groups is 1. The van der Waals surface area contributed by atoms with Gasteiger partial charge in [0.15, 0.2) is 0 Å². The molecule has 196 valence electrons. The molecule has 3 aromatic carbocycles. The Morgan fingerprint density at radius 1 is 0.946 bits per heavy atom. The number of hydrogen-bond acceptors (Lipinski definition) is 4. The van der Waals surface area contributed by atoms with Crippen LogP contribution in [0.1, 0.15) is 67.7 Å². The molecule has 0 bridgehead atoms. The van der Waals surface area contributed by atoms with Gasteiger partial charge in [-0.25, -0.2) is 0 Å². The normalized spacial score (nSPS) is 19.4. The maximum atomic E-state index is 11.8. The zero-order chi connectivity index (χ0) is 26.4. The number of aliphatic hydroxyl groups excluding tert-OH is 1. The van der Waals surface area contributed by atoms with Crippen molar-refractivity contribution in [3.8, 4) is 5.75 Å². The van der Waals surface area contributed by atoms with Crippen LogP contribution in [0.5, 0.6) is 5.75 Å². The summed E-state index contributed by atoms with van der Waals surface area (Å²) in [5.41, 5.74) is 3.46. The van der Waals surface area contributed by atoms with Crippen molar-refractivity contribution in [2.75, 3.05) is 13.1 Å². The second-order valence-electron chi connectivity index (χ2n) is 10.8. The third-order valence-corrected chi connectivity index (χ3v) is 7.97. The molecular formula is C32H39NO4. The lowest BCUT2D eigenvalue weighted by Crippen LogP contribution is -2.44. The lowest BCUT2D eigenvalue weighted by Gasteiger charge is -2.40. The van der Waals surface area contributed by atoms with Crippen LogP contribution in [0.25, 0.3) is 0 Å². The predicted octanol–water partition coefficient (Wildman–Crippen LogP) is 5.94. The van der Waals surface area contributed by atoms with Crippen LogP contribution in [0.15, 0.2) is 78.9 Å². The maximum Gasteiger partial charge on any atom is 0.313 e. The van der Waals surface area contributed by atoms with Gasteiger partial charge in [0.05, 0.1) is 5.41 Å². The van der Waals surface area contributed by atoms with Gasteiger partial charge in [-0.15, -0.1) is 0 Å². The molecule has 1 aliphatic rings. The molecule has 1 heterocycles. The quantitative estimate of drug-likeness (QED) is 0.300. The van der Waals surface area contributed by atoms with E-state index in [1.807, 2.05) is 42.5 Å². The topological polar surface area (TPSA) is 81.0 Å². The smallest absolute Gasteiger partial charge is 0.313 e. The third-order valence-electron chi connectivity index (χ3n) is 7.97. The van der Waals surface area contributed by atoms with E-state index < -0.39 is 17.6 Å². The first-order chi connectivity index (χ1) is 17.8. The fourth-order valence-electron chi connectivity index (χ4n) is 5.75. The molecule has 5 heteroatoms. The van der Waals surface area contributed by atoms with E-state index in [2.05, 4.69) is 29.2 Å². The Morgan fingerprint density at radius 3 is 2.27 bits per heavy atom. The summed E-state index contributed by atoms with van der Waals surface area (Å²) >= 11 is 0. The highest BCUT2D eigenvalue weighted by Gasteiger charge is 2.34. The Morgan fingerprint density at radius 2 is 1.59 bits per heavy atom. The maximum absolute atomic E-state index is 11.8. The van der Waals surface area contributed by atoms with Crippen LogP contribution in [-0.4, -0.2) is 45.5 Å². The van der Waals surface area contributed by atoms with Crippen molar-refractivity contribution in [1.29, 1.82) is 0 Å². The fraction of sp³-hybridized carbons (Fsp3) is 0.406. The molecule has 0 amide bonds. The van der Waals surface area contributed by atoms with E-state index in [9.17, 15) is 20.1 Å². The molecule has 37 heavy (non-hydrogen) atoms. The summed E-state index contributed by atoms with van der Waals surface area (Å²) in [6.07, 6.45) is 3.93. The molecule has 0 spiro atoms. The number of unbranched alkanes of at least 4 members (excludes halogenated alkanes) is 1. The number of carboxylic acid groups (broad SMARTS) is 1. The number of aliphatic hydroxyl groups is 1. The summed E-state index contributed by atoms with van der Waals surface area (Å²) in [5.74, 6) is -0.0670. The number of rotatable bonds is 10. The first-order valence-electron chi connectivity index (χ1n) is 13.3. The molecule has 3 atom stereocenters. The first kappa shape index (κ1) is 26.9. The molecule has 3 N–H and O–H groups in total. The van der Waals surface area contributed by atoms with Crippen molar-refractivity contribution in [1.82, 2.24) is 4.90 Å². The van der Waals surface area contributed by atoms with E-state index in [-0.39, 0.29) is 11.7 Å². The van der Waals surface area contributed by atoms with Crippen LogP contribution in [0.3, 0.4) is 0 Å². The summed E-state index contributed by atoms with van der Waals surface area (Å²) in [7, 11) is 0. The molecular weight excluding hydrogens is 462 g/mol. The Kier molecular flexibility index (Phi) is 8.67. The van der Waals surface area contributed by atoms with Crippen molar-refractivity contribution in [2.24, 2.45) is 5.92 Å². The number of likely N-dealkylation sites (tertiary alicyclic amines) is 1. The molecule has 5 nitrogen and oxygen atoms in total. The second-order valence-corrected chi connectivity index (χ2v) is 10.8. The molecule has 0 aromatic heterocycles. The molecule has 1 fully saturated rings. The molecule has 3 aromatic rings. The highest BCUT2D eigenvalue weighted by molar-refractivity contribution is 5.80. The number of phenols is 1. The van der Waals surface area contributed by atoms with Gasteiger partial charge in [-0.05, 0) is 86.3 Å². The van der Waals surface area contributed by atoms with Crippen LogP contribution in [0.4, 0.5) is 0 Å². The van der Waals surface area contributed by atoms with Crippen LogP contribution in [0.2, 0.25) is 0 Å². The molecule has 0 radical (unpaired) electrons. The molecule has 0 aliphatic carbocycles. The van der Waals surface area contributed by atoms with Gasteiger partial charge >= 0.3 is 5.97 Å². The lowest BCUT2D eigenvalue weighted by molar-refractivity contribution is -0.142. The summed E-state index contributed by atoms with van der Waals surface area (Å²) < 4.78 is 0. The van der Waals surface area contributed by atoms with E-state index in [1.54, 1.807) is 26.0 Å². The van der Waals surface area contributed by atoms with E-state index >= 15 is 0 Å². The molecule has 1 aliphatic heterocycles. The number of phenolic OH excluding ortho intramolecular Hbond substituents is 1. The average Bonchev–Trinajstić information content (AvgIpc) is 2.89. The Balaban J connectivity index is 1.35. The Labute approximate surface area is 220 Å². The fourth-order valence-corrected chi connectivity index (χ4v) is 5.75. The summed E-state index contributed by atoms with van der Waals surface area (Å²) in [6, 6.07) is 25.8. The summed E-state index contributed by atoms with van der Waals surface area (Å²) in [6.45, 7) is 5.19. The minimum atomic E-state index is -0.915. The van der Waals surface area contributed by atoms with Gasteiger partial charge in [0.2, 0.25) is 0 Å². The van der Waals surface area contributed by atoms with E-state index in [0.717, 1.165) is 55.5 Å². The van der Waals surface area contributed by atoms with Crippen LogP contribution in [-0.2, 0) is 16.6 Å². The van der Waals surface area contributed by atoms with Crippen LogP contribution < -0.4 is 0 Å². The third kappa shape index (κ3) is 6.41. The zero-order valence-corrected chi connectivity index (χ0v) is 21.9. The van der Waals surface area contributed by atoms with E-state index in [1.165, 1.54) is 5.56 Å². The van der Waals surface area contributed by atoms with Crippen molar-refractivity contribution < 1.29 is 20.1 Å². The number of carboxylic acids is 1. The summed E-state index contributed by atoms with van der Waals surface area (Å²) in [4.78, 5) is 14.0.